The molecule has 0 radical (unpaired) electrons. The second-order valence-electron chi connectivity index (χ2n) is 5.12. The highest BCUT2D eigenvalue weighted by atomic mass is 35.5. The van der Waals surface area contributed by atoms with Gasteiger partial charge in [-0.2, -0.15) is 0 Å². The van der Waals surface area contributed by atoms with Crippen LogP contribution in [0.2, 0.25) is 5.02 Å². The minimum absolute atomic E-state index is 0.154. The van der Waals surface area contributed by atoms with Crippen molar-refractivity contribution in [3.8, 4) is 0 Å². The Balaban J connectivity index is 1.72. The number of rotatable bonds is 5. The first kappa shape index (κ1) is 17.2. The van der Waals surface area contributed by atoms with Crippen molar-refractivity contribution in [2.45, 2.75) is 17.4 Å². The molecule has 1 N–H and O–H groups in total. The molecule has 0 aliphatic carbocycles. The molecule has 9 heteroatoms. The zero-order valence-corrected chi connectivity index (χ0v) is 14.5. The number of halogens is 1. The normalized spacial score (nSPS) is 12.1. The van der Waals surface area contributed by atoms with E-state index >= 15 is 0 Å². The Labute approximate surface area is 151 Å². The predicted octanol–water partition coefficient (Wildman–Crippen LogP) is 4.51. The van der Waals surface area contributed by atoms with E-state index < -0.39 is 10.2 Å². The number of nitro groups is 1. The third-order valence-electron chi connectivity index (χ3n) is 3.34. The minimum Gasteiger partial charge on any atom is -0.431 e. The maximum absolute atomic E-state index is 12.3. The lowest BCUT2D eigenvalue weighted by atomic mass is 10.2. The number of para-hydroxylation sites is 2. The van der Waals surface area contributed by atoms with Gasteiger partial charge in [-0.15, -0.1) is 0 Å². The molecule has 0 saturated carbocycles. The zero-order valence-electron chi connectivity index (χ0n) is 12.9. The van der Waals surface area contributed by atoms with Crippen molar-refractivity contribution in [1.82, 2.24) is 4.98 Å². The number of hydrogen-bond acceptors (Lipinski definition) is 6. The molecule has 0 bridgehead atoms. The Hall–Kier alpha value is -2.58. The molecule has 1 heterocycles. The van der Waals surface area contributed by atoms with E-state index in [0.717, 1.165) is 11.8 Å². The highest BCUT2D eigenvalue weighted by Gasteiger charge is 2.20. The van der Waals surface area contributed by atoms with Crippen molar-refractivity contribution in [2.75, 3.05) is 5.32 Å². The van der Waals surface area contributed by atoms with Gasteiger partial charge in [0.05, 0.1) is 20.9 Å². The van der Waals surface area contributed by atoms with Gasteiger partial charge < -0.3 is 9.73 Å². The second kappa shape index (κ2) is 7.12. The average molecular weight is 378 g/mol. The lowest BCUT2D eigenvalue weighted by Crippen LogP contribution is -2.22. The van der Waals surface area contributed by atoms with Crippen molar-refractivity contribution in [1.29, 1.82) is 0 Å². The maximum Gasteiger partial charge on any atom is 0.271 e. The van der Waals surface area contributed by atoms with Gasteiger partial charge in [-0.1, -0.05) is 35.5 Å². The highest BCUT2D eigenvalue weighted by molar-refractivity contribution is 8.00. The number of aromatic nitrogens is 1. The summed E-state index contributed by atoms with van der Waals surface area (Å²) in [4.78, 5) is 26.9. The molecule has 0 spiro atoms. The van der Waals surface area contributed by atoms with Crippen molar-refractivity contribution in [2.24, 2.45) is 0 Å². The predicted molar refractivity (Wildman–Crippen MR) is 96.1 cm³/mol. The third-order valence-corrected chi connectivity index (χ3v) is 4.61. The van der Waals surface area contributed by atoms with Gasteiger partial charge in [-0.05, 0) is 25.1 Å². The van der Waals surface area contributed by atoms with E-state index in [4.69, 9.17) is 16.0 Å². The third kappa shape index (κ3) is 3.92. The number of benzene rings is 2. The Bertz CT molecular complexity index is 926. The maximum atomic E-state index is 12.3. The minimum atomic E-state index is -0.553. The van der Waals surface area contributed by atoms with Crippen LogP contribution < -0.4 is 5.32 Å². The fraction of sp³-hybridized carbons (Fsp3) is 0.125. The number of carbonyl (C=O) groups is 1. The van der Waals surface area contributed by atoms with Gasteiger partial charge in [0.25, 0.3) is 10.9 Å². The van der Waals surface area contributed by atoms with E-state index in [1.165, 1.54) is 18.2 Å². The van der Waals surface area contributed by atoms with Gasteiger partial charge in [0.15, 0.2) is 5.58 Å². The smallest absolute Gasteiger partial charge is 0.271 e. The van der Waals surface area contributed by atoms with Crippen LogP contribution in [-0.2, 0) is 4.79 Å². The summed E-state index contributed by atoms with van der Waals surface area (Å²) in [5.74, 6) is -0.366. The number of hydrogen-bond donors (Lipinski definition) is 1. The van der Waals surface area contributed by atoms with Crippen molar-refractivity contribution in [3.05, 3.63) is 57.6 Å². The molecule has 128 valence electrons. The van der Waals surface area contributed by atoms with Crippen molar-refractivity contribution in [3.63, 3.8) is 0 Å². The first-order valence-electron chi connectivity index (χ1n) is 7.21. The Morgan fingerprint density at radius 1 is 1.36 bits per heavy atom. The van der Waals surface area contributed by atoms with Gasteiger partial charge >= 0.3 is 0 Å². The summed E-state index contributed by atoms with van der Waals surface area (Å²) in [6.07, 6.45) is 0. The van der Waals surface area contributed by atoms with Crippen LogP contribution in [0.5, 0.6) is 0 Å². The number of fused-ring (bicyclic) bond motifs is 1. The number of non-ortho nitro benzene ring substituents is 1. The molecule has 2 aromatic carbocycles. The molecule has 1 unspecified atom stereocenters. The summed E-state index contributed by atoms with van der Waals surface area (Å²) < 4.78 is 5.57. The van der Waals surface area contributed by atoms with E-state index in [0.29, 0.717) is 16.3 Å². The summed E-state index contributed by atoms with van der Waals surface area (Å²) in [7, 11) is 0. The largest absolute Gasteiger partial charge is 0.431 e. The number of nitro benzene ring substituents is 1. The molecule has 0 aliphatic heterocycles. The summed E-state index contributed by atoms with van der Waals surface area (Å²) in [6, 6.07) is 11.2. The van der Waals surface area contributed by atoms with Crippen LogP contribution >= 0.6 is 23.4 Å². The van der Waals surface area contributed by atoms with Crippen molar-refractivity contribution >= 4 is 51.7 Å². The standard InChI is InChI=1S/C16H12ClN3O4S/c1-9(25-16-19-12-4-2-3-5-14(12)24-16)15(21)18-13-8-10(20(22)23)6-7-11(13)17/h2-9H,1H3,(H,18,21). The van der Waals surface area contributed by atoms with E-state index in [9.17, 15) is 14.9 Å². The molecule has 0 aliphatic rings. The van der Waals surface area contributed by atoms with Gasteiger partial charge in [0, 0.05) is 12.1 Å². The van der Waals surface area contributed by atoms with E-state index in [2.05, 4.69) is 10.3 Å². The molecule has 1 aromatic heterocycles. The number of nitrogens with one attached hydrogen (secondary N) is 1. The lowest BCUT2D eigenvalue weighted by Gasteiger charge is -2.11. The zero-order chi connectivity index (χ0) is 18.0. The average Bonchev–Trinajstić information content (AvgIpc) is 2.98. The Kier molecular flexibility index (Phi) is 4.91. The quantitative estimate of drug-likeness (QED) is 0.399. The van der Waals surface area contributed by atoms with Crippen molar-refractivity contribution < 1.29 is 14.1 Å². The number of carbonyl (C=O) groups excluding carboxylic acids is 1. The molecular weight excluding hydrogens is 366 g/mol. The molecule has 0 fully saturated rings. The number of amides is 1. The fourth-order valence-electron chi connectivity index (χ4n) is 2.06. The second-order valence-corrected chi connectivity index (χ2v) is 6.82. The molecule has 1 atom stereocenters. The van der Waals surface area contributed by atoms with Crippen LogP contribution in [0.4, 0.5) is 11.4 Å². The van der Waals surface area contributed by atoms with Crippen LogP contribution in [0.25, 0.3) is 11.1 Å². The van der Waals surface area contributed by atoms with Gasteiger partial charge in [0.2, 0.25) is 5.91 Å². The summed E-state index contributed by atoms with van der Waals surface area (Å²) in [5.41, 5.74) is 1.38. The first-order chi connectivity index (χ1) is 11.9. The van der Waals surface area contributed by atoms with Gasteiger partial charge in [0.1, 0.15) is 5.52 Å². The number of anilines is 1. The van der Waals surface area contributed by atoms with Gasteiger partial charge in [-0.3, -0.25) is 14.9 Å². The molecule has 3 rings (SSSR count). The number of thioether (sulfide) groups is 1. The summed E-state index contributed by atoms with van der Waals surface area (Å²) in [6.45, 7) is 1.68. The monoisotopic (exact) mass is 377 g/mol. The van der Waals surface area contributed by atoms with Crippen LogP contribution in [-0.4, -0.2) is 21.1 Å². The van der Waals surface area contributed by atoms with Crippen LogP contribution in [0, 0.1) is 10.1 Å². The fourth-order valence-corrected chi connectivity index (χ4v) is 2.99. The molecule has 7 nitrogen and oxygen atoms in total. The van der Waals surface area contributed by atoms with Crippen LogP contribution in [0.1, 0.15) is 6.92 Å². The van der Waals surface area contributed by atoms with Crippen LogP contribution in [0.3, 0.4) is 0 Å². The van der Waals surface area contributed by atoms with E-state index in [1.54, 1.807) is 13.0 Å². The topological polar surface area (TPSA) is 98.3 Å². The first-order valence-corrected chi connectivity index (χ1v) is 8.47. The van der Waals surface area contributed by atoms with E-state index in [1.807, 2.05) is 18.2 Å². The van der Waals surface area contributed by atoms with Gasteiger partial charge in [-0.25, -0.2) is 4.98 Å². The molecule has 1 amide bonds. The Morgan fingerprint density at radius 2 is 2.12 bits per heavy atom. The number of nitrogens with zero attached hydrogens (tertiary/aromatic N) is 2. The molecular formula is C16H12ClN3O4S. The molecule has 0 saturated heterocycles. The van der Waals surface area contributed by atoms with Crippen LogP contribution in [0.15, 0.2) is 52.1 Å². The Morgan fingerprint density at radius 3 is 2.84 bits per heavy atom. The lowest BCUT2D eigenvalue weighted by molar-refractivity contribution is -0.384. The SMILES string of the molecule is CC(Sc1nc2ccccc2o1)C(=O)Nc1cc([N+](=O)[O-])ccc1Cl. The number of oxazole rings is 1. The molecule has 3 aromatic rings. The summed E-state index contributed by atoms with van der Waals surface area (Å²) >= 11 is 7.13. The highest BCUT2D eigenvalue weighted by Crippen LogP contribution is 2.30. The van der Waals surface area contributed by atoms with E-state index in [-0.39, 0.29) is 22.3 Å². The molecule has 25 heavy (non-hydrogen) atoms. The summed E-state index contributed by atoms with van der Waals surface area (Å²) in [5, 5.41) is 13.5.